The van der Waals surface area contributed by atoms with Crippen LogP contribution in [0.1, 0.15) is 40.9 Å². The molecular formula is C24H17F3N2O3. The van der Waals surface area contributed by atoms with Crippen LogP contribution < -0.4 is 0 Å². The van der Waals surface area contributed by atoms with Crippen molar-refractivity contribution in [1.29, 1.82) is 0 Å². The molecule has 5 nitrogen and oxygen atoms in total. The van der Waals surface area contributed by atoms with Gasteiger partial charge in [0.2, 0.25) is 11.5 Å². The maximum atomic E-state index is 14.1. The minimum absolute atomic E-state index is 0.0832. The Hall–Kier alpha value is -3.68. The van der Waals surface area contributed by atoms with E-state index in [1.807, 2.05) is 13.8 Å². The van der Waals surface area contributed by atoms with Crippen molar-refractivity contribution >= 4 is 6.29 Å². The number of carbonyl (C=O) groups is 1. The first-order valence-corrected chi connectivity index (χ1v) is 9.92. The highest BCUT2D eigenvalue weighted by Gasteiger charge is 2.44. The summed E-state index contributed by atoms with van der Waals surface area (Å²) in [4.78, 5) is 11.2. The van der Waals surface area contributed by atoms with Crippen LogP contribution in [0.25, 0.3) is 34.0 Å². The molecule has 0 aliphatic heterocycles. The summed E-state index contributed by atoms with van der Waals surface area (Å²) in [6.45, 7) is 3.92. The number of carbonyl (C=O) groups excluding carboxylic acids is 1. The van der Waals surface area contributed by atoms with E-state index in [9.17, 15) is 18.0 Å². The second-order valence-electron chi connectivity index (χ2n) is 8.42. The molecule has 0 fully saturated rings. The van der Waals surface area contributed by atoms with Crippen molar-refractivity contribution in [2.45, 2.75) is 31.9 Å². The van der Waals surface area contributed by atoms with E-state index >= 15 is 0 Å². The van der Waals surface area contributed by atoms with Gasteiger partial charge < -0.3 is 9.05 Å². The molecule has 0 saturated carbocycles. The zero-order chi connectivity index (χ0) is 22.7. The van der Waals surface area contributed by atoms with Crippen LogP contribution in [0.4, 0.5) is 13.2 Å². The van der Waals surface area contributed by atoms with Crippen LogP contribution in [0, 0.1) is 0 Å². The summed E-state index contributed by atoms with van der Waals surface area (Å²) in [5, 5.41) is 7.82. The van der Waals surface area contributed by atoms with Gasteiger partial charge in [0, 0.05) is 22.3 Å². The Bertz CT molecular complexity index is 1330. The molecule has 162 valence electrons. The third-order valence-electron chi connectivity index (χ3n) is 5.80. The monoisotopic (exact) mass is 438 g/mol. The van der Waals surface area contributed by atoms with Gasteiger partial charge >= 0.3 is 6.18 Å². The van der Waals surface area contributed by atoms with Crippen LogP contribution in [-0.2, 0) is 18.0 Å². The quantitative estimate of drug-likeness (QED) is 0.350. The molecule has 0 spiro atoms. The van der Waals surface area contributed by atoms with Crippen molar-refractivity contribution in [3.8, 4) is 34.0 Å². The van der Waals surface area contributed by atoms with E-state index in [0.29, 0.717) is 28.8 Å². The lowest BCUT2D eigenvalue weighted by Gasteiger charge is -2.31. The van der Waals surface area contributed by atoms with Gasteiger partial charge in [-0.25, -0.2) is 0 Å². The van der Waals surface area contributed by atoms with Crippen LogP contribution >= 0.6 is 0 Å². The summed E-state index contributed by atoms with van der Waals surface area (Å²) in [6, 6.07) is 13.2. The highest BCUT2D eigenvalue weighted by Crippen LogP contribution is 2.49. The molecule has 2 aromatic heterocycles. The molecule has 0 atom stereocenters. The number of benzene rings is 2. The summed E-state index contributed by atoms with van der Waals surface area (Å²) in [5.41, 5.74) is 1.59. The van der Waals surface area contributed by atoms with Crippen LogP contribution in [0.15, 0.2) is 57.6 Å². The Morgan fingerprint density at radius 3 is 2.34 bits per heavy atom. The number of fused-ring (bicyclic) bond motifs is 3. The van der Waals surface area contributed by atoms with Gasteiger partial charge in [-0.15, -0.1) is 0 Å². The van der Waals surface area contributed by atoms with Crippen LogP contribution in [0.5, 0.6) is 0 Å². The molecular weight excluding hydrogens is 421 g/mol. The van der Waals surface area contributed by atoms with Gasteiger partial charge in [0.1, 0.15) is 23.2 Å². The Morgan fingerprint density at radius 2 is 1.66 bits per heavy atom. The van der Waals surface area contributed by atoms with Crippen molar-refractivity contribution in [3.63, 3.8) is 0 Å². The number of rotatable bonds is 3. The largest absolute Gasteiger partial charge is 0.422 e. The highest BCUT2D eigenvalue weighted by molar-refractivity contribution is 5.83. The lowest BCUT2D eigenvalue weighted by Crippen LogP contribution is -2.25. The van der Waals surface area contributed by atoms with Gasteiger partial charge in [0.05, 0.1) is 0 Å². The highest BCUT2D eigenvalue weighted by atomic mass is 19.4. The maximum absolute atomic E-state index is 14.1. The van der Waals surface area contributed by atoms with Crippen molar-refractivity contribution in [2.24, 2.45) is 0 Å². The summed E-state index contributed by atoms with van der Waals surface area (Å²) >= 11 is 0. The van der Waals surface area contributed by atoms with E-state index < -0.39 is 22.9 Å². The Balaban J connectivity index is 1.72. The van der Waals surface area contributed by atoms with Gasteiger partial charge in [0.15, 0.2) is 0 Å². The minimum atomic E-state index is -4.72. The number of aldehydes is 1. The van der Waals surface area contributed by atoms with Gasteiger partial charge in [0.25, 0.3) is 0 Å². The first-order valence-electron chi connectivity index (χ1n) is 9.92. The summed E-state index contributed by atoms with van der Waals surface area (Å²) < 4.78 is 53.1. The molecule has 4 aromatic rings. The van der Waals surface area contributed by atoms with E-state index in [1.165, 1.54) is 12.1 Å². The van der Waals surface area contributed by atoms with Crippen molar-refractivity contribution < 1.29 is 27.0 Å². The number of alkyl halides is 3. The van der Waals surface area contributed by atoms with Gasteiger partial charge in [-0.2, -0.15) is 13.2 Å². The molecule has 0 radical (unpaired) electrons. The molecule has 2 heterocycles. The standard InChI is InChI=1S/C24H17F3N2O3/c1-23(2)11-16-20(15-9-8-13(12-30)10-17(15)23)29-31-21(16)22-18(24(25,26)27)19(28-32-22)14-6-4-3-5-7-14/h3-10,12H,11H2,1-2H3. The third-order valence-corrected chi connectivity index (χ3v) is 5.80. The molecule has 0 saturated heterocycles. The molecule has 1 aliphatic rings. The van der Waals surface area contributed by atoms with Crippen LogP contribution in [0.3, 0.4) is 0 Å². The first kappa shape index (κ1) is 20.2. The third kappa shape index (κ3) is 3.05. The number of hydrogen-bond acceptors (Lipinski definition) is 5. The molecule has 8 heteroatoms. The van der Waals surface area contributed by atoms with Crippen LogP contribution in [0.2, 0.25) is 0 Å². The predicted molar refractivity (Wildman–Crippen MR) is 110 cm³/mol. The number of aromatic nitrogens is 2. The van der Waals surface area contributed by atoms with E-state index in [4.69, 9.17) is 9.05 Å². The molecule has 0 N–H and O–H groups in total. The molecule has 0 bridgehead atoms. The van der Waals surface area contributed by atoms with Crippen molar-refractivity contribution in [1.82, 2.24) is 10.3 Å². The molecule has 5 rings (SSSR count). The zero-order valence-electron chi connectivity index (χ0n) is 17.2. The molecule has 0 unspecified atom stereocenters. The zero-order valence-corrected chi connectivity index (χ0v) is 17.2. The molecule has 2 aromatic carbocycles. The summed E-state index contributed by atoms with van der Waals surface area (Å²) in [6.07, 6.45) is -3.61. The normalized spacial score (nSPS) is 14.7. The fraction of sp³-hybridized carbons (Fsp3) is 0.208. The van der Waals surface area contributed by atoms with Crippen molar-refractivity contribution in [2.75, 3.05) is 0 Å². The average Bonchev–Trinajstić information content (AvgIpc) is 3.38. The lowest BCUT2D eigenvalue weighted by atomic mass is 9.71. The van der Waals surface area contributed by atoms with Gasteiger partial charge in [-0.05, 0) is 23.5 Å². The van der Waals surface area contributed by atoms with E-state index in [1.54, 1.807) is 36.4 Å². The van der Waals surface area contributed by atoms with Crippen LogP contribution in [-0.4, -0.2) is 16.6 Å². The fourth-order valence-corrected chi connectivity index (χ4v) is 4.30. The first-order chi connectivity index (χ1) is 15.2. The Kier molecular flexibility index (Phi) is 4.37. The predicted octanol–water partition coefficient (Wildman–Crippen LogP) is 6.33. The molecule has 32 heavy (non-hydrogen) atoms. The Labute approximate surface area is 180 Å². The van der Waals surface area contributed by atoms with E-state index in [-0.39, 0.29) is 17.0 Å². The molecule has 0 amide bonds. The van der Waals surface area contributed by atoms with Gasteiger partial charge in [-0.1, -0.05) is 66.6 Å². The van der Waals surface area contributed by atoms with Gasteiger partial charge in [-0.3, -0.25) is 4.79 Å². The van der Waals surface area contributed by atoms with E-state index in [0.717, 1.165) is 11.8 Å². The fourth-order valence-electron chi connectivity index (χ4n) is 4.30. The van der Waals surface area contributed by atoms with E-state index in [2.05, 4.69) is 10.3 Å². The number of hydrogen-bond donors (Lipinski definition) is 0. The topological polar surface area (TPSA) is 69.1 Å². The second kappa shape index (κ2) is 6.91. The molecule has 1 aliphatic carbocycles. The SMILES string of the molecule is CC1(C)Cc2c(noc2-c2onc(-c3ccccc3)c2C(F)(F)F)-c2ccc(C=O)cc21. The summed E-state index contributed by atoms with van der Waals surface area (Å²) in [7, 11) is 0. The Morgan fingerprint density at radius 1 is 0.969 bits per heavy atom. The van der Waals surface area contributed by atoms with Crippen molar-refractivity contribution in [3.05, 3.63) is 70.8 Å². The minimum Gasteiger partial charge on any atom is -0.352 e. The lowest BCUT2D eigenvalue weighted by molar-refractivity contribution is -0.136. The number of halogens is 3. The second-order valence-corrected chi connectivity index (χ2v) is 8.42. The maximum Gasteiger partial charge on any atom is 0.422 e. The number of nitrogens with zero attached hydrogens (tertiary/aromatic N) is 2. The smallest absolute Gasteiger partial charge is 0.352 e. The average molecular weight is 438 g/mol. The summed E-state index contributed by atoms with van der Waals surface area (Å²) in [5.74, 6) is -0.575.